The van der Waals surface area contributed by atoms with Crippen molar-refractivity contribution in [2.45, 2.75) is 13.3 Å². The topological polar surface area (TPSA) is 17.1 Å². The molecule has 0 saturated heterocycles. The molecule has 19 heavy (non-hydrogen) atoms. The van der Waals surface area contributed by atoms with Crippen LogP contribution in [0.2, 0.25) is 5.02 Å². The van der Waals surface area contributed by atoms with Crippen molar-refractivity contribution in [2.75, 3.05) is 0 Å². The first-order valence-electron chi connectivity index (χ1n) is 5.70. The van der Waals surface area contributed by atoms with Gasteiger partial charge in [0.2, 0.25) is 0 Å². The van der Waals surface area contributed by atoms with Crippen molar-refractivity contribution in [2.24, 2.45) is 0 Å². The van der Waals surface area contributed by atoms with Gasteiger partial charge in [-0.1, -0.05) is 61.7 Å². The number of hydrogen-bond acceptors (Lipinski definition) is 1. The SMILES string of the molecule is Cc1ccc(C(=O)Cc2ccc(Br)cc2Cl)cc1Br. The zero-order valence-electron chi connectivity index (χ0n) is 10.2. The molecule has 0 aliphatic rings. The average Bonchev–Trinajstić information content (AvgIpc) is 2.36. The molecule has 1 nitrogen and oxygen atoms in total. The van der Waals surface area contributed by atoms with Crippen molar-refractivity contribution >= 4 is 49.2 Å². The summed E-state index contributed by atoms with van der Waals surface area (Å²) < 4.78 is 1.85. The molecular formula is C15H11Br2ClO. The fraction of sp³-hybridized carbons (Fsp3) is 0.133. The van der Waals surface area contributed by atoms with Crippen molar-refractivity contribution in [1.82, 2.24) is 0 Å². The molecule has 0 aliphatic carbocycles. The van der Waals surface area contributed by atoms with Crippen LogP contribution in [-0.2, 0) is 6.42 Å². The lowest BCUT2D eigenvalue weighted by molar-refractivity contribution is 0.0993. The third-order valence-corrected chi connectivity index (χ3v) is 4.56. The van der Waals surface area contributed by atoms with Gasteiger partial charge in [-0.25, -0.2) is 0 Å². The molecular weight excluding hydrogens is 391 g/mol. The fourth-order valence-corrected chi connectivity index (χ4v) is 2.83. The summed E-state index contributed by atoms with van der Waals surface area (Å²) >= 11 is 12.9. The molecule has 0 aromatic heterocycles. The highest BCUT2D eigenvalue weighted by molar-refractivity contribution is 9.10. The largest absolute Gasteiger partial charge is 0.294 e. The van der Waals surface area contributed by atoms with Crippen molar-refractivity contribution in [3.8, 4) is 0 Å². The Balaban J connectivity index is 2.23. The van der Waals surface area contributed by atoms with Crippen molar-refractivity contribution < 1.29 is 4.79 Å². The van der Waals surface area contributed by atoms with E-state index in [4.69, 9.17) is 11.6 Å². The fourth-order valence-electron chi connectivity index (χ4n) is 1.71. The maximum absolute atomic E-state index is 12.2. The molecule has 0 spiro atoms. The molecule has 2 rings (SSSR count). The van der Waals surface area contributed by atoms with E-state index < -0.39 is 0 Å². The molecule has 0 fully saturated rings. The highest BCUT2D eigenvalue weighted by atomic mass is 79.9. The molecule has 0 heterocycles. The third-order valence-electron chi connectivity index (χ3n) is 2.86. The summed E-state index contributed by atoms with van der Waals surface area (Å²) in [6, 6.07) is 11.2. The lowest BCUT2D eigenvalue weighted by atomic mass is 10.0. The molecule has 0 aliphatic heterocycles. The molecule has 2 aromatic rings. The van der Waals surface area contributed by atoms with E-state index in [2.05, 4.69) is 31.9 Å². The maximum atomic E-state index is 12.2. The van der Waals surface area contributed by atoms with Crippen molar-refractivity contribution in [1.29, 1.82) is 0 Å². The summed E-state index contributed by atoms with van der Waals surface area (Å²) in [5.41, 5.74) is 2.64. The number of carbonyl (C=O) groups excluding carboxylic acids is 1. The van der Waals surface area contributed by atoms with E-state index in [1.807, 2.05) is 37.3 Å². The van der Waals surface area contributed by atoms with Crippen LogP contribution in [0.4, 0.5) is 0 Å². The summed E-state index contributed by atoms with van der Waals surface area (Å²) in [6.45, 7) is 1.99. The smallest absolute Gasteiger partial charge is 0.167 e. The van der Waals surface area contributed by atoms with Crippen LogP contribution in [-0.4, -0.2) is 5.78 Å². The summed E-state index contributed by atoms with van der Waals surface area (Å²) in [5, 5.41) is 0.605. The number of aryl methyl sites for hydroxylation is 1. The minimum absolute atomic E-state index is 0.0601. The number of Topliss-reactive ketones (excluding diaryl/α,β-unsaturated/α-hetero) is 1. The zero-order chi connectivity index (χ0) is 14.0. The molecule has 0 atom stereocenters. The van der Waals surface area contributed by atoms with Gasteiger partial charge in [-0.3, -0.25) is 4.79 Å². The normalized spacial score (nSPS) is 10.5. The molecule has 0 amide bonds. The average molecular weight is 403 g/mol. The molecule has 0 saturated carbocycles. The van der Waals surface area contributed by atoms with E-state index in [1.54, 1.807) is 6.07 Å². The highest BCUT2D eigenvalue weighted by Crippen LogP contribution is 2.24. The number of rotatable bonds is 3. The van der Waals surface area contributed by atoms with Gasteiger partial charge in [-0.2, -0.15) is 0 Å². The minimum atomic E-state index is 0.0601. The van der Waals surface area contributed by atoms with Gasteiger partial charge in [0.15, 0.2) is 5.78 Å². The second kappa shape index (κ2) is 6.21. The van der Waals surface area contributed by atoms with Crippen LogP contribution in [0.15, 0.2) is 45.3 Å². The van der Waals surface area contributed by atoms with Gasteiger partial charge >= 0.3 is 0 Å². The molecule has 4 heteroatoms. The first-order valence-corrected chi connectivity index (χ1v) is 7.67. The second-order valence-corrected chi connectivity index (χ2v) is 6.48. The zero-order valence-corrected chi connectivity index (χ0v) is 14.1. The van der Waals surface area contributed by atoms with Crippen LogP contribution in [0.3, 0.4) is 0 Å². The van der Waals surface area contributed by atoms with E-state index in [0.717, 1.165) is 20.1 Å². The van der Waals surface area contributed by atoms with Crippen LogP contribution in [0.25, 0.3) is 0 Å². The highest BCUT2D eigenvalue weighted by Gasteiger charge is 2.11. The predicted octanol–water partition coefficient (Wildman–Crippen LogP) is 5.60. The summed E-state index contributed by atoms with van der Waals surface area (Å²) in [4.78, 5) is 12.2. The number of ketones is 1. The van der Waals surface area contributed by atoms with E-state index in [-0.39, 0.29) is 5.78 Å². The van der Waals surface area contributed by atoms with E-state index in [1.165, 1.54) is 0 Å². The number of carbonyl (C=O) groups is 1. The molecule has 0 radical (unpaired) electrons. The third kappa shape index (κ3) is 3.68. The number of hydrogen-bond donors (Lipinski definition) is 0. The molecule has 2 aromatic carbocycles. The maximum Gasteiger partial charge on any atom is 0.167 e. The molecule has 0 unspecified atom stereocenters. The van der Waals surface area contributed by atoms with Gasteiger partial charge in [-0.15, -0.1) is 0 Å². The van der Waals surface area contributed by atoms with E-state index in [0.29, 0.717) is 17.0 Å². The Hall–Kier alpha value is -0.640. The lowest BCUT2D eigenvalue weighted by Gasteiger charge is -2.06. The van der Waals surface area contributed by atoms with Crippen LogP contribution in [0.1, 0.15) is 21.5 Å². The van der Waals surface area contributed by atoms with Crippen LogP contribution in [0, 0.1) is 6.92 Å². The Morgan fingerprint density at radius 3 is 2.53 bits per heavy atom. The predicted molar refractivity (Wildman–Crippen MR) is 86.1 cm³/mol. The molecule has 0 bridgehead atoms. The Morgan fingerprint density at radius 1 is 1.16 bits per heavy atom. The van der Waals surface area contributed by atoms with Gasteiger partial charge in [-0.05, 0) is 36.2 Å². The van der Waals surface area contributed by atoms with Gasteiger partial charge in [0.25, 0.3) is 0 Å². The van der Waals surface area contributed by atoms with Gasteiger partial charge < -0.3 is 0 Å². The van der Waals surface area contributed by atoms with Crippen molar-refractivity contribution in [3.05, 3.63) is 67.1 Å². The van der Waals surface area contributed by atoms with Gasteiger partial charge in [0.1, 0.15) is 0 Å². The number of halogens is 3. The summed E-state index contributed by atoms with van der Waals surface area (Å²) in [7, 11) is 0. The Bertz CT molecular complexity index is 638. The quantitative estimate of drug-likeness (QED) is 0.611. The second-order valence-electron chi connectivity index (χ2n) is 4.30. The minimum Gasteiger partial charge on any atom is -0.294 e. The van der Waals surface area contributed by atoms with E-state index >= 15 is 0 Å². The first-order chi connectivity index (χ1) is 8.97. The number of benzene rings is 2. The monoisotopic (exact) mass is 400 g/mol. The van der Waals surface area contributed by atoms with Gasteiger partial charge in [0, 0.05) is 26.0 Å². The Labute approximate surface area is 134 Å². The molecule has 0 N–H and O–H groups in total. The summed E-state index contributed by atoms with van der Waals surface area (Å²) in [6.07, 6.45) is 0.307. The summed E-state index contributed by atoms with van der Waals surface area (Å²) in [5.74, 6) is 0.0601. The van der Waals surface area contributed by atoms with Crippen LogP contribution >= 0.6 is 43.5 Å². The standard InChI is InChI=1S/C15H11Br2ClO/c1-9-2-3-11(6-13(9)17)15(19)7-10-4-5-12(16)8-14(10)18/h2-6,8H,7H2,1H3. The lowest BCUT2D eigenvalue weighted by Crippen LogP contribution is -2.04. The van der Waals surface area contributed by atoms with Crippen molar-refractivity contribution in [3.63, 3.8) is 0 Å². The van der Waals surface area contributed by atoms with Gasteiger partial charge in [0.05, 0.1) is 0 Å². The first kappa shape index (κ1) is 14.8. The Morgan fingerprint density at radius 2 is 1.89 bits per heavy atom. The van der Waals surface area contributed by atoms with E-state index in [9.17, 15) is 4.79 Å². The van der Waals surface area contributed by atoms with Crippen LogP contribution in [0.5, 0.6) is 0 Å². The Kier molecular flexibility index (Phi) is 4.82. The molecule has 98 valence electrons. The van der Waals surface area contributed by atoms with Crippen LogP contribution < -0.4 is 0 Å².